The summed E-state index contributed by atoms with van der Waals surface area (Å²) in [5.41, 5.74) is 0.703. The predicted molar refractivity (Wildman–Crippen MR) is 112 cm³/mol. The summed E-state index contributed by atoms with van der Waals surface area (Å²) >= 11 is 3.38. The first-order valence-corrected chi connectivity index (χ1v) is 10.4. The fourth-order valence-corrected chi connectivity index (χ4v) is 3.49. The fraction of sp³-hybridized carbons (Fsp3) is 0.429. The van der Waals surface area contributed by atoms with Gasteiger partial charge in [0.1, 0.15) is 5.76 Å². The fourth-order valence-electron chi connectivity index (χ4n) is 3.23. The van der Waals surface area contributed by atoms with E-state index >= 15 is 0 Å². The van der Waals surface area contributed by atoms with Crippen LogP contribution in [0.25, 0.3) is 0 Å². The van der Waals surface area contributed by atoms with E-state index in [9.17, 15) is 9.59 Å². The van der Waals surface area contributed by atoms with E-state index in [0.717, 1.165) is 30.4 Å². The standard InChI is InChI=1S/C21H26BrN3O3/c1-16-8-11-24(12-9-16)20(26)10-13-25(15-19-3-2-14-28-19)21(27)23-18-6-4-17(22)5-7-18/h2-7,14,16H,8-13,15H2,1H3,(H,23,27). The van der Waals surface area contributed by atoms with Gasteiger partial charge < -0.3 is 19.5 Å². The van der Waals surface area contributed by atoms with Gasteiger partial charge in [-0.1, -0.05) is 22.9 Å². The summed E-state index contributed by atoms with van der Waals surface area (Å²) in [7, 11) is 0. The summed E-state index contributed by atoms with van der Waals surface area (Å²) < 4.78 is 6.34. The minimum Gasteiger partial charge on any atom is -0.467 e. The smallest absolute Gasteiger partial charge is 0.322 e. The number of carbonyl (C=O) groups is 2. The van der Waals surface area contributed by atoms with Crippen molar-refractivity contribution in [3.63, 3.8) is 0 Å². The van der Waals surface area contributed by atoms with Crippen LogP contribution in [0.15, 0.2) is 51.6 Å². The maximum absolute atomic E-state index is 12.8. The molecule has 1 saturated heterocycles. The molecule has 6 nitrogen and oxygen atoms in total. The lowest BCUT2D eigenvalue weighted by Crippen LogP contribution is -2.41. The van der Waals surface area contributed by atoms with Gasteiger partial charge in [-0.2, -0.15) is 0 Å². The quantitative estimate of drug-likeness (QED) is 0.695. The second-order valence-electron chi connectivity index (χ2n) is 7.25. The van der Waals surface area contributed by atoms with Gasteiger partial charge in [-0.25, -0.2) is 4.79 Å². The molecule has 1 aliphatic heterocycles. The minimum absolute atomic E-state index is 0.104. The van der Waals surface area contributed by atoms with Crippen LogP contribution in [0, 0.1) is 5.92 Å². The highest BCUT2D eigenvalue weighted by atomic mass is 79.9. The number of nitrogens with one attached hydrogen (secondary N) is 1. The van der Waals surface area contributed by atoms with Crippen molar-refractivity contribution in [1.29, 1.82) is 0 Å². The number of anilines is 1. The maximum Gasteiger partial charge on any atom is 0.322 e. The van der Waals surface area contributed by atoms with Crippen molar-refractivity contribution < 1.29 is 14.0 Å². The Kier molecular flexibility index (Phi) is 7.14. The van der Waals surface area contributed by atoms with Crippen LogP contribution >= 0.6 is 15.9 Å². The number of piperidine rings is 1. The molecule has 1 aromatic heterocycles. The maximum atomic E-state index is 12.8. The Bertz CT molecular complexity index is 769. The molecule has 7 heteroatoms. The van der Waals surface area contributed by atoms with Crippen LogP contribution in [0.3, 0.4) is 0 Å². The van der Waals surface area contributed by atoms with Crippen molar-refractivity contribution in [2.45, 2.75) is 32.7 Å². The Morgan fingerprint density at radius 1 is 1.21 bits per heavy atom. The molecule has 0 unspecified atom stereocenters. The van der Waals surface area contributed by atoms with E-state index < -0.39 is 0 Å². The molecule has 1 N–H and O–H groups in total. The number of halogens is 1. The molecule has 0 bridgehead atoms. The van der Waals surface area contributed by atoms with E-state index in [4.69, 9.17) is 4.42 Å². The zero-order chi connectivity index (χ0) is 19.9. The Morgan fingerprint density at radius 2 is 1.93 bits per heavy atom. The zero-order valence-corrected chi connectivity index (χ0v) is 17.7. The van der Waals surface area contributed by atoms with Crippen molar-refractivity contribution in [1.82, 2.24) is 9.80 Å². The molecule has 3 amide bonds. The van der Waals surface area contributed by atoms with Crippen molar-refractivity contribution in [3.05, 3.63) is 52.9 Å². The number of furan rings is 1. The van der Waals surface area contributed by atoms with E-state index in [-0.39, 0.29) is 11.9 Å². The summed E-state index contributed by atoms with van der Waals surface area (Å²) in [4.78, 5) is 28.9. The predicted octanol–water partition coefficient (Wildman–Crippen LogP) is 4.72. The molecular weight excluding hydrogens is 422 g/mol. The molecule has 150 valence electrons. The SMILES string of the molecule is CC1CCN(C(=O)CCN(Cc2ccco2)C(=O)Nc2ccc(Br)cc2)CC1. The van der Waals surface area contributed by atoms with Gasteiger partial charge >= 0.3 is 6.03 Å². The van der Waals surface area contributed by atoms with Crippen LogP contribution in [0.2, 0.25) is 0 Å². The molecule has 1 aliphatic rings. The molecule has 3 rings (SSSR count). The van der Waals surface area contributed by atoms with Gasteiger partial charge in [-0.3, -0.25) is 4.79 Å². The zero-order valence-electron chi connectivity index (χ0n) is 16.1. The van der Waals surface area contributed by atoms with Gasteiger partial charge in [0.05, 0.1) is 12.8 Å². The third kappa shape index (κ3) is 5.86. The molecular formula is C21H26BrN3O3. The molecule has 1 fully saturated rings. The van der Waals surface area contributed by atoms with E-state index in [1.165, 1.54) is 0 Å². The lowest BCUT2D eigenvalue weighted by Gasteiger charge is -2.31. The molecule has 0 radical (unpaired) electrons. The molecule has 28 heavy (non-hydrogen) atoms. The van der Waals surface area contributed by atoms with Crippen LogP contribution in [0.1, 0.15) is 31.9 Å². The topological polar surface area (TPSA) is 65.8 Å². The van der Waals surface area contributed by atoms with E-state index in [0.29, 0.717) is 36.9 Å². The van der Waals surface area contributed by atoms with Gasteiger partial charge in [0.15, 0.2) is 0 Å². The number of hydrogen-bond acceptors (Lipinski definition) is 3. The largest absolute Gasteiger partial charge is 0.467 e. The number of carbonyl (C=O) groups excluding carboxylic acids is 2. The van der Waals surface area contributed by atoms with Crippen molar-refractivity contribution in [2.75, 3.05) is 25.0 Å². The van der Waals surface area contributed by atoms with Crippen LogP contribution in [-0.4, -0.2) is 41.4 Å². The molecule has 0 saturated carbocycles. The van der Waals surface area contributed by atoms with Gasteiger partial charge in [0.25, 0.3) is 0 Å². The number of benzene rings is 1. The Morgan fingerprint density at radius 3 is 2.57 bits per heavy atom. The monoisotopic (exact) mass is 447 g/mol. The molecule has 2 heterocycles. The summed E-state index contributed by atoms with van der Waals surface area (Å²) in [5, 5.41) is 2.89. The third-order valence-corrected chi connectivity index (χ3v) is 5.57. The molecule has 0 spiro atoms. The average molecular weight is 448 g/mol. The number of nitrogens with zero attached hydrogens (tertiary/aromatic N) is 2. The first-order chi connectivity index (χ1) is 13.5. The molecule has 2 aromatic rings. The van der Waals surface area contributed by atoms with Crippen LogP contribution in [0.5, 0.6) is 0 Å². The minimum atomic E-state index is -0.251. The van der Waals surface area contributed by atoms with Gasteiger partial charge in [-0.05, 0) is 55.2 Å². The third-order valence-electron chi connectivity index (χ3n) is 5.04. The number of hydrogen-bond donors (Lipinski definition) is 1. The lowest BCUT2D eigenvalue weighted by molar-refractivity contribution is -0.132. The lowest BCUT2D eigenvalue weighted by atomic mass is 9.99. The van der Waals surface area contributed by atoms with Crippen molar-refractivity contribution in [3.8, 4) is 0 Å². The van der Waals surface area contributed by atoms with Crippen molar-refractivity contribution in [2.24, 2.45) is 5.92 Å². The highest BCUT2D eigenvalue weighted by Gasteiger charge is 2.22. The Hall–Kier alpha value is -2.28. The van der Waals surface area contributed by atoms with E-state index in [1.807, 2.05) is 35.2 Å². The van der Waals surface area contributed by atoms with Gasteiger partial charge in [0.2, 0.25) is 5.91 Å². The Balaban J connectivity index is 1.60. The van der Waals surface area contributed by atoms with Gasteiger partial charge in [-0.15, -0.1) is 0 Å². The second-order valence-corrected chi connectivity index (χ2v) is 8.17. The first-order valence-electron chi connectivity index (χ1n) is 9.63. The average Bonchev–Trinajstić information content (AvgIpc) is 3.20. The number of rotatable bonds is 6. The number of urea groups is 1. The highest BCUT2D eigenvalue weighted by molar-refractivity contribution is 9.10. The summed E-state index contributed by atoms with van der Waals surface area (Å²) in [6, 6.07) is 10.8. The van der Waals surface area contributed by atoms with Crippen LogP contribution in [0.4, 0.5) is 10.5 Å². The highest BCUT2D eigenvalue weighted by Crippen LogP contribution is 2.18. The van der Waals surface area contributed by atoms with E-state index in [2.05, 4.69) is 28.2 Å². The normalized spacial score (nSPS) is 14.7. The van der Waals surface area contributed by atoms with Gasteiger partial charge in [0, 0.05) is 36.2 Å². The molecule has 0 aliphatic carbocycles. The molecule has 0 atom stereocenters. The van der Waals surface area contributed by atoms with E-state index in [1.54, 1.807) is 17.2 Å². The molecule has 1 aromatic carbocycles. The van der Waals surface area contributed by atoms with Crippen molar-refractivity contribution >= 4 is 33.6 Å². The second kappa shape index (κ2) is 9.78. The first kappa shape index (κ1) is 20.5. The van der Waals surface area contributed by atoms with Crippen LogP contribution in [-0.2, 0) is 11.3 Å². The Labute approximate surface area is 174 Å². The summed E-state index contributed by atoms with van der Waals surface area (Å²) in [6.45, 7) is 4.50. The summed E-state index contributed by atoms with van der Waals surface area (Å²) in [5.74, 6) is 1.47. The van der Waals surface area contributed by atoms with Crippen LogP contribution < -0.4 is 5.32 Å². The number of amides is 3. The number of likely N-dealkylation sites (tertiary alicyclic amines) is 1. The summed E-state index contributed by atoms with van der Waals surface area (Å²) in [6.07, 6.45) is 3.99.